The maximum absolute atomic E-state index is 11.0. The number of rotatable bonds is 2. The van der Waals surface area contributed by atoms with Gasteiger partial charge in [0, 0.05) is 17.5 Å². The van der Waals surface area contributed by atoms with Crippen LogP contribution >= 0.6 is 0 Å². The highest BCUT2D eigenvalue weighted by atomic mass is 16.5. The lowest BCUT2D eigenvalue weighted by molar-refractivity contribution is -0.0132. The van der Waals surface area contributed by atoms with E-state index >= 15 is 0 Å². The second-order valence-corrected chi connectivity index (χ2v) is 6.06. The fourth-order valence-corrected chi connectivity index (χ4v) is 3.32. The Morgan fingerprint density at radius 1 is 1.35 bits per heavy atom. The van der Waals surface area contributed by atoms with Gasteiger partial charge in [-0.15, -0.1) is 0 Å². The molecule has 1 aliphatic carbocycles. The van der Waals surface area contributed by atoms with E-state index in [2.05, 4.69) is 17.1 Å². The Balaban J connectivity index is 1.67. The van der Waals surface area contributed by atoms with E-state index in [1.165, 1.54) is 18.4 Å². The monoisotopic (exact) mass is 271 g/mol. The van der Waals surface area contributed by atoms with E-state index in [1.807, 2.05) is 6.07 Å². The highest BCUT2D eigenvalue weighted by molar-refractivity contribution is 5.93. The number of fused-ring (bicyclic) bond motifs is 1. The Bertz CT molecular complexity index is 684. The number of aromatic nitrogens is 1. The van der Waals surface area contributed by atoms with Gasteiger partial charge in [0.05, 0.1) is 5.60 Å². The Kier molecular flexibility index (Phi) is 2.45. The first kappa shape index (κ1) is 12.0. The second kappa shape index (κ2) is 4.09. The van der Waals surface area contributed by atoms with Crippen LogP contribution in [0.4, 0.5) is 0 Å². The first-order valence-electron chi connectivity index (χ1n) is 7.15. The van der Waals surface area contributed by atoms with Gasteiger partial charge in [-0.2, -0.15) is 0 Å². The number of ether oxygens (including phenoxy) is 1. The van der Waals surface area contributed by atoms with Gasteiger partial charge in [-0.25, -0.2) is 4.79 Å². The van der Waals surface area contributed by atoms with Crippen LogP contribution < -0.4 is 0 Å². The van der Waals surface area contributed by atoms with Gasteiger partial charge in [0.1, 0.15) is 5.69 Å². The Morgan fingerprint density at radius 2 is 2.20 bits per heavy atom. The van der Waals surface area contributed by atoms with Crippen LogP contribution in [0.25, 0.3) is 10.9 Å². The number of carbonyl (C=O) groups is 1. The van der Waals surface area contributed by atoms with E-state index in [1.54, 1.807) is 6.07 Å². The molecule has 4 nitrogen and oxygen atoms in total. The van der Waals surface area contributed by atoms with Crippen LogP contribution in [-0.2, 0) is 4.74 Å². The van der Waals surface area contributed by atoms with Gasteiger partial charge in [0.15, 0.2) is 0 Å². The average Bonchev–Trinajstić information content (AvgIpc) is 3.04. The number of hydrogen-bond acceptors (Lipinski definition) is 2. The van der Waals surface area contributed by atoms with Gasteiger partial charge in [-0.3, -0.25) is 0 Å². The number of hydrogen-bond donors (Lipinski definition) is 2. The lowest BCUT2D eigenvalue weighted by Gasteiger charge is -2.30. The van der Waals surface area contributed by atoms with Crippen molar-refractivity contribution in [1.29, 1.82) is 0 Å². The summed E-state index contributed by atoms with van der Waals surface area (Å²) in [6, 6.07) is 7.96. The number of nitrogens with one attached hydrogen (secondary N) is 1. The number of benzene rings is 1. The van der Waals surface area contributed by atoms with Crippen LogP contribution in [0.2, 0.25) is 0 Å². The summed E-state index contributed by atoms with van der Waals surface area (Å²) >= 11 is 0. The first-order valence-corrected chi connectivity index (χ1v) is 7.15. The minimum absolute atomic E-state index is 0.169. The quantitative estimate of drug-likeness (QED) is 0.881. The fraction of sp³-hybridized carbons (Fsp3) is 0.438. The third-order valence-corrected chi connectivity index (χ3v) is 4.65. The van der Waals surface area contributed by atoms with Gasteiger partial charge in [0.2, 0.25) is 0 Å². The number of carboxylic acids is 1. The van der Waals surface area contributed by atoms with E-state index in [0.29, 0.717) is 5.92 Å². The Labute approximate surface area is 116 Å². The smallest absolute Gasteiger partial charge is 0.352 e. The fourth-order valence-electron chi connectivity index (χ4n) is 3.32. The lowest BCUT2D eigenvalue weighted by atomic mass is 9.87. The molecule has 4 heteroatoms. The molecule has 0 unspecified atom stereocenters. The minimum Gasteiger partial charge on any atom is -0.477 e. The summed E-state index contributed by atoms with van der Waals surface area (Å²) in [7, 11) is 0. The molecule has 2 heterocycles. The highest BCUT2D eigenvalue weighted by Gasteiger charge is 2.47. The summed E-state index contributed by atoms with van der Waals surface area (Å²) in [5.41, 5.74) is 2.62. The number of carboxylic acid groups (broad SMARTS) is 1. The van der Waals surface area contributed by atoms with E-state index in [-0.39, 0.29) is 11.3 Å². The van der Waals surface area contributed by atoms with Crippen LogP contribution in [-0.4, -0.2) is 28.3 Å². The third-order valence-electron chi connectivity index (χ3n) is 4.65. The Morgan fingerprint density at radius 3 is 2.95 bits per heavy atom. The summed E-state index contributed by atoms with van der Waals surface area (Å²) in [6.45, 7) is 0.843. The van der Waals surface area contributed by atoms with Gasteiger partial charge < -0.3 is 14.8 Å². The van der Waals surface area contributed by atoms with Crippen molar-refractivity contribution in [2.75, 3.05) is 6.61 Å². The molecule has 4 rings (SSSR count). The second-order valence-electron chi connectivity index (χ2n) is 6.06. The van der Waals surface area contributed by atoms with E-state index < -0.39 is 5.97 Å². The molecule has 1 saturated heterocycles. The van der Waals surface area contributed by atoms with Crippen molar-refractivity contribution in [1.82, 2.24) is 4.98 Å². The van der Waals surface area contributed by atoms with Gasteiger partial charge in [0.25, 0.3) is 0 Å². The van der Waals surface area contributed by atoms with Crippen molar-refractivity contribution in [3.05, 3.63) is 35.5 Å². The maximum atomic E-state index is 11.0. The number of aromatic amines is 1. The van der Waals surface area contributed by atoms with Crippen LogP contribution in [0, 0.1) is 0 Å². The summed E-state index contributed by atoms with van der Waals surface area (Å²) in [5, 5.41) is 10.0. The van der Waals surface area contributed by atoms with Crippen LogP contribution in [0.1, 0.15) is 47.7 Å². The standard InChI is InChI=1S/C16H17NO3/c18-15(19)14-8-12-7-10(1-2-13(12)17-14)11-3-6-20-16(9-11)4-5-16/h1-2,7-8,11,17H,3-6,9H2,(H,18,19)/t11-/m0/s1. The molecule has 2 fully saturated rings. The van der Waals surface area contributed by atoms with Gasteiger partial charge in [-0.05, 0) is 55.4 Å². The van der Waals surface area contributed by atoms with Crippen molar-refractivity contribution in [2.45, 2.75) is 37.2 Å². The molecule has 104 valence electrons. The van der Waals surface area contributed by atoms with Crippen molar-refractivity contribution in [3.63, 3.8) is 0 Å². The maximum Gasteiger partial charge on any atom is 0.352 e. The number of aromatic carboxylic acids is 1. The molecule has 1 atom stereocenters. The summed E-state index contributed by atoms with van der Waals surface area (Å²) < 4.78 is 5.87. The summed E-state index contributed by atoms with van der Waals surface area (Å²) in [5.74, 6) is -0.371. The molecule has 0 bridgehead atoms. The van der Waals surface area contributed by atoms with Gasteiger partial charge in [-0.1, -0.05) is 6.07 Å². The molecule has 1 saturated carbocycles. The van der Waals surface area contributed by atoms with E-state index in [4.69, 9.17) is 9.84 Å². The molecule has 2 aliphatic rings. The Hall–Kier alpha value is -1.81. The number of H-pyrrole nitrogens is 1. The van der Waals surface area contributed by atoms with Crippen molar-refractivity contribution in [2.24, 2.45) is 0 Å². The SMILES string of the molecule is O=C(O)c1cc2cc([C@H]3CCOC4(CC4)C3)ccc2[nH]1. The molecule has 1 aromatic carbocycles. The molecule has 0 radical (unpaired) electrons. The molecule has 1 aromatic heterocycles. The zero-order valence-corrected chi connectivity index (χ0v) is 11.2. The molecule has 0 amide bonds. The molecule has 2 aromatic rings. The zero-order valence-electron chi connectivity index (χ0n) is 11.2. The summed E-state index contributed by atoms with van der Waals surface area (Å²) in [6.07, 6.45) is 4.55. The molecular formula is C16H17NO3. The van der Waals surface area contributed by atoms with Crippen molar-refractivity contribution in [3.8, 4) is 0 Å². The lowest BCUT2D eigenvalue weighted by Crippen LogP contribution is -2.25. The van der Waals surface area contributed by atoms with Crippen molar-refractivity contribution >= 4 is 16.9 Å². The zero-order chi connectivity index (χ0) is 13.7. The predicted octanol–water partition coefficient (Wildman–Crippen LogP) is 3.29. The molecule has 1 spiro atoms. The van der Waals surface area contributed by atoms with Crippen molar-refractivity contribution < 1.29 is 14.6 Å². The molecule has 1 aliphatic heterocycles. The normalized spacial score (nSPS) is 24.1. The molecular weight excluding hydrogens is 254 g/mol. The predicted molar refractivity (Wildman–Crippen MR) is 75.2 cm³/mol. The molecule has 20 heavy (non-hydrogen) atoms. The van der Waals surface area contributed by atoms with Gasteiger partial charge >= 0.3 is 5.97 Å². The topological polar surface area (TPSA) is 62.3 Å². The van der Waals surface area contributed by atoms with E-state index in [9.17, 15) is 4.79 Å². The summed E-state index contributed by atoms with van der Waals surface area (Å²) in [4.78, 5) is 13.9. The minimum atomic E-state index is -0.911. The third kappa shape index (κ3) is 1.91. The van der Waals surface area contributed by atoms with Crippen LogP contribution in [0.15, 0.2) is 24.3 Å². The van der Waals surface area contributed by atoms with E-state index in [0.717, 1.165) is 30.4 Å². The molecule has 2 N–H and O–H groups in total. The highest BCUT2D eigenvalue weighted by Crippen LogP contribution is 2.50. The average molecular weight is 271 g/mol. The van der Waals surface area contributed by atoms with Crippen LogP contribution in [0.5, 0.6) is 0 Å². The first-order chi connectivity index (χ1) is 9.65. The van der Waals surface area contributed by atoms with Crippen LogP contribution in [0.3, 0.4) is 0 Å². The largest absolute Gasteiger partial charge is 0.477 e.